The minimum Gasteiger partial charge on any atom is -0.309 e. The van der Waals surface area contributed by atoms with Crippen molar-refractivity contribution in [1.82, 2.24) is 32.4 Å². The van der Waals surface area contributed by atoms with Crippen LogP contribution in [-0.4, -0.2) is 40.5 Å². The van der Waals surface area contributed by atoms with Gasteiger partial charge in [-0.15, -0.1) is 0 Å². The molecule has 0 amide bonds. The molecule has 0 bridgehead atoms. The number of pyridine rings is 1. The summed E-state index contributed by atoms with van der Waals surface area (Å²) >= 11 is 0. The van der Waals surface area contributed by atoms with Gasteiger partial charge in [0, 0.05) is 98.6 Å². The molecule has 0 aliphatic heterocycles. The maximum Gasteiger partial charge on any atom is 0.138 e. The third kappa shape index (κ3) is 11.6. The Kier molecular flexibility index (Phi) is 17.0. The van der Waals surface area contributed by atoms with Crippen molar-refractivity contribution in [2.75, 3.05) is 0 Å². The molecule has 0 aliphatic carbocycles. The summed E-state index contributed by atoms with van der Waals surface area (Å²) in [4.78, 5) is 5.18. The molecule has 0 radical (unpaired) electrons. The van der Waals surface area contributed by atoms with Gasteiger partial charge >= 0.3 is 0 Å². The van der Waals surface area contributed by atoms with Crippen molar-refractivity contribution in [3.63, 3.8) is 0 Å². The van der Waals surface area contributed by atoms with Crippen LogP contribution in [0.4, 0.5) is 0 Å². The molecule has 0 spiro atoms. The number of nitrogens with zero attached hydrogens (tertiary/aromatic N) is 7. The smallest absolute Gasteiger partial charge is 0.138 e. The largest absolute Gasteiger partial charge is 0.309 e. The number of fused-ring (bicyclic) bond motifs is 9. The summed E-state index contributed by atoms with van der Waals surface area (Å²) < 4.78 is 14.3. The highest BCUT2D eigenvalue weighted by Gasteiger charge is 2.27. The Morgan fingerprint density at radius 3 is 0.831 bits per heavy atom. The van der Waals surface area contributed by atoms with E-state index in [1.165, 1.54) is 230 Å². The quantitative estimate of drug-likeness (QED) is 0.0940. The highest BCUT2D eigenvalue weighted by molar-refractivity contribution is 6.88. The second kappa shape index (κ2) is 29.5. The fourth-order valence-corrected chi connectivity index (χ4v) is 22.8. The Morgan fingerprint density at radius 1 is 0.177 bits per heavy atom. The van der Waals surface area contributed by atoms with Gasteiger partial charge in [0.15, 0.2) is 0 Å². The highest BCUT2D eigenvalue weighted by Crippen LogP contribution is 2.49. The summed E-state index contributed by atoms with van der Waals surface area (Å²) in [5.74, 6) is 0.925. The van der Waals surface area contributed by atoms with Crippen LogP contribution in [0.3, 0.4) is 0 Å². The van der Waals surface area contributed by atoms with Crippen molar-refractivity contribution in [3.8, 4) is 78.9 Å². The van der Waals surface area contributed by atoms with E-state index in [9.17, 15) is 0 Å². The van der Waals surface area contributed by atoms with Gasteiger partial charge in [0.1, 0.15) is 5.82 Å². The second-order valence-electron chi connectivity index (χ2n) is 35.6. The zero-order valence-corrected chi connectivity index (χ0v) is 72.9. The Morgan fingerprint density at radius 2 is 0.462 bits per heavy atom. The fraction of sp³-hybridized carbons (Fsp3) is 0.0246. The van der Waals surface area contributed by atoms with Gasteiger partial charge in [-0.25, -0.2) is 4.98 Å². The first-order valence-electron chi connectivity index (χ1n) is 45.0. The number of hydrogen-bond donors (Lipinski definition) is 0. The standard InChI is InChI=1S/C43H27N3.C41H32N2Si.C38H24N2/c1-3-11-28(12-4-1)36-17-10-20-41(44-36)46-39-19-9-13-29-21-23-34-32(24-26-40(46)43(34)42(29)39)30-22-25-38-35(27-30)33-16-7-8-18-37(33)45(38)31-14-5-2-6-15-31;1-44(2,3)31-20-18-30(19-21-31)43-38-15-9-10-27-16-22-34-32(23-25-39(43)41(34)40(27)38)28-17-24-37-35(26-28)33-13-7-8-14-36(33)42(37)29-11-5-4-6-12-29;1-3-11-27(12-4-1)39-33-16-8-7-15-30(33)32-24-26(19-22-34(32)39)29-21-23-36-38-31(29)20-18-25-10-9-17-35(37(25)38)40(36)28-13-5-2-6-14-28/h1-27H;4-26H,1-3H3;1-24H. The molecular weight excluding hydrogens is 1590 g/mol. The lowest BCUT2D eigenvalue weighted by atomic mass is 9.94. The summed E-state index contributed by atoms with van der Waals surface area (Å²) in [7, 11) is -1.38. The SMILES string of the molecule is C[Si](C)(C)c1ccc(-n2c3cccc4ccc5c(-c6ccc7c(c6)c6ccccc6n7-c6ccccc6)ccc2c5c43)cc1.c1ccc(-c2cccc(-n3c4cccc5ccc6c(-c7ccc8c(c7)c7ccccc7n8-c7ccccc7)ccc3c6c54)n2)cc1.c1ccc(-n2c3ccccc3c3cc(-c4ccc5c6c4ccc4cccc(c46)n5-c4ccccc4)ccc32)cc1. The molecular formula is C122H83N7Si. The molecule has 21 aromatic carbocycles. The maximum atomic E-state index is 5.18. The normalized spacial score (nSPS) is 12.1. The first kappa shape index (κ1) is 74.7. The summed E-state index contributed by atoms with van der Waals surface area (Å²) in [5, 5.41) is 24.7. The number of hydrogen-bond acceptors (Lipinski definition) is 1. The maximum absolute atomic E-state index is 5.18. The monoisotopic (exact) mass is 1670 g/mol. The molecule has 0 atom stereocenters. The van der Waals surface area contributed by atoms with Gasteiger partial charge in [0.2, 0.25) is 0 Å². The molecule has 0 saturated carbocycles. The summed E-state index contributed by atoms with van der Waals surface area (Å²) in [6.45, 7) is 7.23. The third-order valence-corrected chi connectivity index (χ3v) is 29.5. The zero-order chi connectivity index (χ0) is 86.0. The summed E-state index contributed by atoms with van der Waals surface area (Å²) in [6.07, 6.45) is 0. The minimum absolute atomic E-state index is 0.925. The van der Waals surface area contributed by atoms with E-state index >= 15 is 0 Å². The molecule has 0 fully saturated rings. The van der Waals surface area contributed by atoms with Gasteiger partial charge < -0.3 is 22.8 Å². The molecule has 130 heavy (non-hydrogen) atoms. The first-order valence-corrected chi connectivity index (χ1v) is 48.5. The predicted octanol–water partition coefficient (Wildman–Crippen LogP) is 32.0. The van der Waals surface area contributed by atoms with E-state index in [2.05, 4.69) is 490 Å². The number of benzene rings is 21. The van der Waals surface area contributed by atoms with Gasteiger partial charge in [-0.05, 0) is 229 Å². The highest BCUT2D eigenvalue weighted by atomic mass is 28.3. The van der Waals surface area contributed by atoms with Crippen LogP contribution in [-0.2, 0) is 0 Å². The zero-order valence-electron chi connectivity index (χ0n) is 71.9. The van der Waals surface area contributed by atoms with E-state index in [0.717, 1.165) is 17.1 Å². The number of rotatable bonds is 11. The molecule has 0 N–H and O–H groups in total. The molecule has 0 unspecified atom stereocenters. The molecule has 28 rings (SSSR count). The van der Waals surface area contributed by atoms with Gasteiger partial charge in [0.25, 0.3) is 0 Å². The lowest BCUT2D eigenvalue weighted by molar-refractivity contribution is 1.08. The van der Waals surface area contributed by atoms with Crippen molar-refractivity contribution in [2.45, 2.75) is 19.6 Å². The summed E-state index contributed by atoms with van der Waals surface area (Å²) in [6, 6.07) is 163. The van der Waals surface area contributed by atoms with Crippen LogP contribution in [0.15, 0.2) is 449 Å². The number of para-hydroxylation sites is 7. The van der Waals surface area contributed by atoms with E-state index in [-0.39, 0.29) is 0 Å². The third-order valence-electron chi connectivity index (χ3n) is 27.4. The molecule has 28 aromatic rings. The van der Waals surface area contributed by atoms with Gasteiger partial charge in [0.05, 0.1) is 80.0 Å². The van der Waals surface area contributed by atoms with Gasteiger partial charge in [-0.3, -0.25) is 4.57 Å². The Labute approximate surface area is 751 Å². The van der Waals surface area contributed by atoms with Gasteiger partial charge in [-0.1, -0.05) is 310 Å². The average Bonchev–Trinajstić information content (AvgIpc) is 1.56. The molecule has 7 heterocycles. The van der Waals surface area contributed by atoms with E-state index in [1.54, 1.807) is 0 Å². The van der Waals surface area contributed by atoms with Crippen molar-refractivity contribution in [1.29, 1.82) is 0 Å². The fourth-order valence-electron chi connectivity index (χ4n) is 21.6. The molecule has 7 nitrogen and oxygen atoms in total. The topological polar surface area (TPSA) is 42.5 Å². The van der Waals surface area contributed by atoms with Crippen LogP contribution in [0, 0.1) is 0 Å². The van der Waals surface area contributed by atoms with E-state index < -0.39 is 8.07 Å². The predicted molar refractivity (Wildman–Crippen MR) is 554 cm³/mol. The minimum atomic E-state index is -1.38. The van der Waals surface area contributed by atoms with Crippen molar-refractivity contribution in [2.24, 2.45) is 0 Å². The second-order valence-corrected chi connectivity index (χ2v) is 40.7. The molecule has 610 valence electrons. The van der Waals surface area contributed by atoms with Crippen LogP contribution in [0.25, 0.3) is 242 Å². The Balaban J connectivity index is 0.000000103. The molecule has 8 heteroatoms. The summed E-state index contributed by atoms with van der Waals surface area (Å²) in [5.41, 5.74) is 30.2. The lowest BCUT2D eigenvalue weighted by Crippen LogP contribution is -2.37. The Hall–Kier alpha value is -16.7. The van der Waals surface area contributed by atoms with E-state index in [1.807, 2.05) is 6.07 Å². The van der Waals surface area contributed by atoms with Crippen LogP contribution in [0.1, 0.15) is 0 Å². The van der Waals surface area contributed by atoms with Crippen LogP contribution >= 0.6 is 0 Å². The molecule has 0 saturated heterocycles. The first-order chi connectivity index (χ1) is 64.2. The van der Waals surface area contributed by atoms with Crippen LogP contribution < -0.4 is 5.19 Å². The van der Waals surface area contributed by atoms with E-state index in [0.29, 0.717) is 0 Å². The lowest BCUT2D eigenvalue weighted by Gasteiger charge is -2.17. The van der Waals surface area contributed by atoms with Crippen molar-refractivity contribution in [3.05, 3.63) is 449 Å². The molecule has 7 aromatic heterocycles. The van der Waals surface area contributed by atoms with Crippen LogP contribution in [0.5, 0.6) is 0 Å². The van der Waals surface area contributed by atoms with Gasteiger partial charge in [-0.2, -0.15) is 0 Å². The molecule has 0 aliphatic rings. The van der Waals surface area contributed by atoms with Crippen LogP contribution in [0.2, 0.25) is 19.6 Å². The van der Waals surface area contributed by atoms with Crippen molar-refractivity contribution < 1.29 is 0 Å². The Bertz CT molecular complexity index is 9310. The number of aromatic nitrogens is 7. The van der Waals surface area contributed by atoms with Crippen molar-refractivity contribution >= 4 is 176 Å². The van der Waals surface area contributed by atoms with E-state index in [4.69, 9.17) is 4.98 Å². The average molecular weight is 1680 g/mol.